The van der Waals surface area contributed by atoms with Gasteiger partial charge in [-0.05, 0) is 45.6 Å². The van der Waals surface area contributed by atoms with Gasteiger partial charge in [-0.2, -0.15) is 5.10 Å². The Morgan fingerprint density at radius 3 is 2.84 bits per heavy atom. The van der Waals surface area contributed by atoms with Crippen LogP contribution in [-0.4, -0.2) is 53.2 Å². The molecule has 1 aromatic carbocycles. The second-order valence-corrected chi connectivity index (χ2v) is 6.41. The van der Waals surface area contributed by atoms with Crippen molar-refractivity contribution in [2.75, 3.05) is 27.2 Å². The van der Waals surface area contributed by atoms with Crippen LogP contribution in [0.1, 0.15) is 22.3 Å². The van der Waals surface area contributed by atoms with Crippen molar-refractivity contribution in [3.8, 4) is 11.3 Å². The summed E-state index contributed by atoms with van der Waals surface area (Å²) in [7, 11) is 4.04. The fourth-order valence-corrected chi connectivity index (χ4v) is 2.81. The van der Waals surface area contributed by atoms with E-state index < -0.39 is 0 Å². The highest BCUT2D eigenvalue weighted by Crippen LogP contribution is 2.26. The molecule has 0 radical (unpaired) electrons. The summed E-state index contributed by atoms with van der Waals surface area (Å²) in [5.74, 6) is -0.0950. The van der Waals surface area contributed by atoms with Crippen LogP contribution in [-0.2, 0) is 0 Å². The largest absolute Gasteiger partial charge is 0.352 e. The number of nitrogens with one attached hydrogen (secondary N) is 2. The van der Waals surface area contributed by atoms with E-state index in [1.165, 1.54) is 0 Å². The van der Waals surface area contributed by atoms with Gasteiger partial charge in [0.2, 0.25) is 0 Å². The molecule has 0 unspecified atom stereocenters. The molecule has 0 aliphatic carbocycles. The predicted octanol–water partition coefficient (Wildman–Crippen LogP) is 2.61. The summed E-state index contributed by atoms with van der Waals surface area (Å²) >= 11 is 0. The first-order valence-electron chi connectivity index (χ1n) is 8.39. The van der Waals surface area contributed by atoms with E-state index in [0.717, 1.165) is 35.2 Å². The molecule has 1 amide bonds. The van der Waals surface area contributed by atoms with Crippen molar-refractivity contribution < 1.29 is 4.79 Å². The minimum Gasteiger partial charge on any atom is -0.352 e. The van der Waals surface area contributed by atoms with E-state index in [-0.39, 0.29) is 5.91 Å². The van der Waals surface area contributed by atoms with E-state index in [1.807, 2.05) is 51.4 Å². The van der Waals surface area contributed by atoms with E-state index in [1.54, 1.807) is 6.20 Å². The molecule has 3 aromatic rings. The first-order chi connectivity index (χ1) is 12.1. The standard InChI is InChI=1S/C19H23N5O/c1-13-7-4-5-8-14(13)17-11-15(16-12-21-23-18(16)22-17)19(25)20-9-6-10-24(2)3/h4-5,7-8,11-12H,6,9-10H2,1-3H3,(H,20,25)(H,21,22,23). The molecule has 25 heavy (non-hydrogen) atoms. The lowest BCUT2D eigenvalue weighted by Crippen LogP contribution is -2.27. The number of nitrogens with zero attached hydrogens (tertiary/aromatic N) is 3. The molecule has 6 heteroatoms. The van der Waals surface area contributed by atoms with Crippen LogP contribution >= 0.6 is 0 Å². The number of H-pyrrole nitrogens is 1. The molecular formula is C19H23N5O. The Hall–Kier alpha value is -2.73. The Balaban J connectivity index is 1.90. The van der Waals surface area contributed by atoms with Gasteiger partial charge in [-0.3, -0.25) is 9.89 Å². The van der Waals surface area contributed by atoms with Crippen LogP contribution < -0.4 is 5.32 Å². The van der Waals surface area contributed by atoms with Crippen molar-refractivity contribution in [3.63, 3.8) is 0 Å². The van der Waals surface area contributed by atoms with Gasteiger partial charge in [0.1, 0.15) is 0 Å². The molecule has 0 saturated carbocycles. The van der Waals surface area contributed by atoms with Crippen LogP contribution in [0.15, 0.2) is 36.5 Å². The second kappa shape index (κ2) is 7.44. The molecule has 0 saturated heterocycles. The highest BCUT2D eigenvalue weighted by molar-refractivity contribution is 6.06. The average molecular weight is 337 g/mol. The van der Waals surface area contributed by atoms with E-state index in [0.29, 0.717) is 17.8 Å². The molecular weight excluding hydrogens is 314 g/mol. The zero-order chi connectivity index (χ0) is 17.8. The smallest absolute Gasteiger partial charge is 0.252 e. The quantitative estimate of drug-likeness (QED) is 0.678. The van der Waals surface area contributed by atoms with Crippen molar-refractivity contribution in [2.45, 2.75) is 13.3 Å². The topological polar surface area (TPSA) is 73.9 Å². The highest BCUT2D eigenvalue weighted by Gasteiger charge is 2.15. The lowest BCUT2D eigenvalue weighted by Gasteiger charge is -2.11. The lowest BCUT2D eigenvalue weighted by atomic mass is 10.0. The minimum absolute atomic E-state index is 0.0950. The third-order valence-corrected chi connectivity index (χ3v) is 4.16. The SMILES string of the molecule is Cc1ccccc1-c1cc(C(=O)NCCCN(C)C)c2cn[nH]c2n1. The number of pyridine rings is 1. The summed E-state index contributed by atoms with van der Waals surface area (Å²) in [5, 5.41) is 10.7. The molecule has 0 atom stereocenters. The Morgan fingerprint density at radius 2 is 2.08 bits per heavy atom. The van der Waals surface area contributed by atoms with Gasteiger partial charge < -0.3 is 10.2 Å². The number of carbonyl (C=O) groups excluding carboxylic acids is 1. The molecule has 2 aromatic heterocycles. The van der Waals surface area contributed by atoms with Gasteiger partial charge in [0.05, 0.1) is 22.8 Å². The maximum Gasteiger partial charge on any atom is 0.252 e. The Bertz CT molecular complexity index is 884. The number of benzene rings is 1. The van der Waals surface area contributed by atoms with Crippen LogP contribution in [0.4, 0.5) is 0 Å². The maximum absolute atomic E-state index is 12.7. The van der Waals surface area contributed by atoms with Gasteiger partial charge in [-0.1, -0.05) is 24.3 Å². The third-order valence-electron chi connectivity index (χ3n) is 4.16. The fraction of sp³-hybridized carbons (Fsp3) is 0.316. The Labute approximate surface area is 147 Å². The number of hydrogen-bond donors (Lipinski definition) is 2. The number of rotatable bonds is 6. The molecule has 0 fully saturated rings. The van der Waals surface area contributed by atoms with Crippen molar-refractivity contribution in [3.05, 3.63) is 47.7 Å². The van der Waals surface area contributed by atoms with Gasteiger partial charge in [0.25, 0.3) is 5.91 Å². The summed E-state index contributed by atoms with van der Waals surface area (Å²) in [6, 6.07) is 9.86. The van der Waals surface area contributed by atoms with Crippen LogP contribution in [0.2, 0.25) is 0 Å². The number of aromatic amines is 1. The molecule has 130 valence electrons. The van der Waals surface area contributed by atoms with Crippen LogP contribution in [0.3, 0.4) is 0 Å². The molecule has 2 heterocycles. The van der Waals surface area contributed by atoms with Crippen LogP contribution in [0.5, 0.6) is 0 Å². The number of amides is 1. The number of aryl methyl sites for hydroxylation is 1. The summed E-state index contributed by atoms with van der Waals surface area (Å²) < 4.78 is 0. The van der Waals surface area contributed by atoms with Crippen molar-refractivity contribution in [1.82, 2.24) is 25.4 Å². The van der Waals surface area contributed by atoms with E-state index in [4.69, 9.17) is 0 Å². The van der Waals surface area contributed by atoms with Crippen LogP contribution in [0.25, 0.3) is 22.3 Å². The van der Waals surface area contributed by atoms with Crippen molar-refractivity contribution in [2.24, 2.45) is 0 Å². The van der Waals surface area contributed by atoms with Gasteiger partial charge >= 0.3 is 0 Å². The Kier molecular flexibility index (Phi) is 5.09. The van der Waals surface area contributed by atoms with Gasteiger partial charge in [-0.25, -0.2) is 4.98 Å². The van der Waals surface area contributed by atoms with Crippen molar-refractivity contribution in [1.29, 1.82) is 0 Å². The summed E-state index contributed by atoms with van der Waals surface area (Å²) in [4.78, 5) is 19.4. The first kappa shape index (κ1) is 17.1. The molecule has 3 rings (SSSR count). The van der Waals surface area contributed by atoms with Gasteiger partial charge in [0.15, 0.2) is 5.65 Å². The Morgan fingerprint density at radius 1 is 1.28 bits per heavy atom. The van der Waals surface area contributed by atoms with Crippen molar-refractivity contribution >= 4 is 16.9 Å². The van der Waals surface area contributed by atoms with Crippen LogP contribution in [0, 0.1) is 6.92 Å². The summed E-state index contributed by atoms with van der Waals surface area (Å²) in [5.41, 5.74) is 4.13. The number of hydrogen-bond acceptors (Lipinski definition) is 4. The van der Waals surface area contributed by atoms with E-state index in [2.05, 4.69) is 25.4 Å². The number of aromatic nitrogens is 3. The zero-order valence-corrected chi connectivity index (χ0v) is 14.8. The number of carbonyl (C=O) groups is 1. The van der Waals surface area contributed by atoms with E-state index >= 15 is 0 Å². The average Bonchev–Trinajstić information content (AvgIpc) is 3.06. The third kappa shape index (κ3) is 3.85. The molecule has 0 bridgehead atoms. The molecule has 0 aliphatic rings. The lowest BCUT2D eigenvalue weighted by molar-refractivity contribution is 0.0954. The van der Waals surface area contributed by atoms with E-state index in [9.17, 15) is 4.79 Å². The first-order valence-corrected chi connectivity index (χ1v) is 8.39. The normalized spacial score (nSPS) is 11.2. The maximum atomic E-state index is 12.7. The second-order valence-electron chi connectivity index (χ2n) is 6.41. The number of fused-ring (bicyclic) bond motifs is 1. The van der Waals surface area contributed by atoms with Gasteiger partial charge in [0, 0.05) is 12.1 Å². The van der Waals surface area contributed by atoms with Gasteiger partial charge in [-0.15, -0.1) is 0 Å². The summed E-state index contributed by atoms with van der Waals surface area (Å²) in [6.07, 6.45) is 2.56. The monoisotopic (exact) mass is 337 g/mol. The highest BCUT2D eigenvalue weighted by atomic mass is 16.1. The molecule has 6 nitrogen and oxygen atoms in total. The molecule has 2 N–H and O–H groups in total. The zero-order valence-electron chi connectivity index (χ0n) is 14.8. The molecule has 0 spiro atoms. The fourth-order valence-electron chi connectivity index (χ4n) is 2.81. The summed E-state index contributed by atoms with van der Waals surface area (Å²) in [6.45, 7) is 3.61. The predicted molar refractivity (Wildman–Crippen MR) is 99.6 cm³/mol. The molecule has 0 aliphatic heterocycles. The minimum atomic E-state index is -0.0950.